The van der Waals surface area contributed by atoms with Gasteiger partial charge in [0, 0.05) is 26.7 Å². The van der Waals surface area contributed by atoms with E-state index in [9.17, 15) is 8.42 Å². The van der Waals surface area contributed by atoms with Crippen molar-refractivity contribution in [2.24, 2.45) is 0 Å². The number of sulfonamides is 1. The third-order valence-corrected chi connectivity index (χ3v) is 6.68. The molecule has 1 fully saturated rings. The highest BCUT2D eigenvalue weighted by molar-refractivity contribution is 7.89. The van der Waals surface area contributed by atoms with Crippen molar-refractivity contribution >= 4 is 15.8 Å². The molecule has 1 atom stereocenters. The second-order valence-corrected chi connectivity index (χ2v) is 9.04. The topological polar surface area (TPSA) is 75.6 Å². The van der Waals surface area contributed by atoms with Crippen molar-refractivity contribution in [2.45, 2.75) is 37.7 Å². The van der Waals surface area contributed by atoms with E-state index in [1.54, 1.807) is 12.1 Å². The van der Waals surface area contributed by atoms with Crippen LogP contribution in [-0.4, -0.2) is 56.2 Å². The molecule has 2 heterocycles. The van der Waals surface area contributed by atoms with Gasteiger partial charge in [-0.3, -0.25) is 0 Å². The van der Waals surface area contributed by atoms with E-state index < -0.39 is 10.0 Å². The molecule has 1 aromatic heterocycles. The van der Waals surface area contributed by atoms with Gasteiger partial charge in [-0.2, -0.15) is 4.31 Å². The molecule has 0 bridgehead atoms. The molecule has 0 amide bonds. The highest BCUT2D eigenvalue weighted by Crippen LogP contribution is 2.26. The Bertz CT molecular complexity index is 898. The van der Waals surface area contributed by atoms with Crippen LogP contribution in [0.15, 0.2) is 35.2 Å². The Morgan fingerprint density at radius 3 is 2.59 bits per heavy atom. The van der Waals surface area contributed by atoms with E-state index in [2.05, 4.69) is 10.2 Å². The molecular formula is C19H26N4O3S. The fourth-order valence-electron chi connectivity index (χ4n) is 3.13. The highest BCUT2D eigenvalue weighted by atomic mass is 32.2. The molecule has 1 aromatic carbocycles. The van der Waals surface area contributed by atoms with Gasteiger partial charge in [-0.1, -0.05) is 12.1 Å². The van der Waals surface area contributed by atoms with Crippen molar-refractivity contribution in [1.82, 2.24) is 14.5 Å². The minimum Gasteiger partial charge on any atom is -0.472 e. The van der Waals surface area contributed by atoms with Gasteiger partial charge in [-0.15, -0.1) is 10.2 Å². The predicted molar refractivity (Wildman–Crippen MR) is 105 cm³/mol. The van der Waals surface area contributed by atoms with Gasteiger partial charge < -0.3 is 9.64 Å². The van der Waals surface area contributed by atoms with Crippen LogP contribution in [0.5, 0.6) is 5.88 Å². The maximum absolute atomic E-state index is 13.1. The largest absolute Gasteiger partial charge is 0.472 e. The summed E-state index contributed by atoms with van der Waals surface area (Å²) >= 11 is 0. The first-order chi connectivity index (χ1) is 12.8. The number of piperidine rings is 1. The predicted octanol–water partition coefficient (Wildman–Crippen LogP) is 2.39. The molecule has 1 aliphatic heterocycles. The second kappa shape index (κ2) is 7.82. The first-order valence-electron chi connectivity index (χ1n) is 9.02. The van der Waals surface area contributed by atoms with Crippen molar-refractivity contribution < 1.29 is 13.2 Å². The van der Waals surface area contributed by atoms with E-state index >= 15 is 0 Å². The van der Waals surface area contributed by atoms with Crippen molar-refractivity contribution in [3.8, 4) is 5.88 Å². The molecule has 1 unspecified atom stereocenters. The molecule has 0 aliphatic carbocycles. The summed E-state index contributed by atoms with van der Waals surface area (Å²) in [5.41, 5.74) is 1.69. The van der Waals surface area contributed by atoms with Crippen LogP contribution in [0.3, 0.4) is 0 Å². The molecule has 1 saturated heterocycles. The Labute approximate surface area is 161 Å². The van der Waals surface area contributed by atoms with E-state index in [1.165, 1.54) is 4.31 Å². The lowest BCUT2D eigenvalue weighted by atomic mass is 10.1. The van der Waals surface area contributed by atoms with Gasteiger partial charge in [0.25, 0.3) is 0 Å². The summed E-state index contributed by atoms with van der Waals surface area (Å²) in [6.07, 6.45) is 1.30. The number of benzene rings is 1. The average molecular weight is 391 g/mol. The Morgan fingerprint density at radius 2 is 1.93 bits per heavy atom. The molecule has 1 aliphatic rings. The standard InChI is InChI=1S/C19H26N4O3S/c1-14-7-8-15(2)17(12-14)27(24,25)23-11-5-6-16(13-23)26-19-10-9-18(20-21-19)22(3)4/h7-10,12,16H,5-6,11,13H2,1-4H3. The summed E-state index contributed by atoms with van der Waals surface area (Å²) in [5, 5.41) is 8.18. The van der Waals surface area contributed by atoms with Crippen LogP contribution in [0.25, 0.3) is 0 Å². The molecule has 7 nitrogen and oxygen atoms in total. The molecule has 2 aromatic rings. The molecule has 0 N–H and O–H groups in total. The van der Waals surface area contributed by atoms with Crippen molar-refractivity contribution in [3.63, 3.8) is 0 Å². The lowest BCUT2D eigenvalue weighted by Crippen LogP contribution is -2.44. The normalized spacial score (nSPS) is 18.3. The van der Waals surface area contributed by atoms with Crippen LogP contribution in [0.2, 0.25) is 0 Å². The number of hydrogen-bond donors (Lipinski definition) is 0. The first kappa shape index (κ1) is 19.6. The lowest BCUT2D eigenvalue weighted by molar-refractivity contribution is 0.123. The molecule has 0 spiro atoms. The number of anilines is 1. The van der Waals surface area contributed by atoms with Crippen LogP contribution in [-0.2, 0) is 10.0 Å². The summed E-state index contributed by atoms with van der Waals surface area (Å²) in [6.45, 7) is 4.54. The summed E-state index contributed by atoms with van der Waals surface area (Å²) in [6, 6.07) is 9.10. The Hall–Kier alpha value is -2.19. The van der Waals surface area contributed by atoms with Crippen molar-refractivity contribution in [2.75, 3.05) is 32.1 Å². The lowest BCUT2D eigenvalue weighted by Gasteiger charge is -2.32. The van der Waals surface area contributed by atoms with Crippen LogP contribution in [0.4, 0.5) is 5.82 Å². The molecule has 0 radical (unpaired) electrons. The minimum absolute atomic E-state index is 0.238. The quantitative estimate of drug-likeness (QED) is 0.780. The third-order valence-electron chi connectivity index (χ3n) is 4.67. The maximum atomic E-state index is 13.1. The Kier molecular flexibility index (Phi) is 5.67. The molecule has 3 rings (SSSR count). The number of rotatable bonds is 5. The molecule has 8 heteroatoms. The van der Waals surface area contributed by atoms with Gasteiger partial charge in [0.2, 0.25) is 15.9 Å². The second-order valence-electron chi connectivity index (χ2n) is 7.14. The number of aromatic nitrogens is 2. The van der Waals surface area contributed by atoms with Gasteiger partial charge in [0.15, 0.2) is 5.82 Å². The van der Waals surface area contributed by atoms with Gasteiger partial charge in [-0.05, 0) is 49.9 Å². The smallest absolute Gasteiger partial charge is 0.243 e. The minimum atomic E-state index is -3.55. The molecule has 146 valence electrons. The summed E-state index contributed by atoms with van der Waals surface area (Å²) < 4.78 is 33.7. The van der Waals surface area contributed by atoms with E-state index in [1.807, 2.05) is 51.0 Å². The van der Waals surface area contributed by atoms with Crippen LogP contribution in [0.1, 0.15) is 24.0 Å². The number of hydrogen-bond acceptors (Lipinski definition) is 6. The van der Waals surface area contributed by atoms with Gasteiger partial charge >= 0.3 is 0 Å². The Balaban J connectivity index is 1.74. The van der Waals surface area contributed by atoms with E-state index in [4.69, 9.17) is 4.74 Å². The fourth-order valence-corrected chi connectivity index (χ4v) is 4.95. The van der Waals surface area contributed by atoms with Crippen LogP contribution >= 0.6 is 0 Å². The molecule has 27 heavy (non-hydrogen) atoms. The number of ether oxygens (including phenoxy) is 1. The van der Waals surface area contributed by atoms with Crippen LogP contribution < -0.4 is 9.64 Å². The van der Waals surface area contributed by atoms with E-state index in [0.29, 0.717) is 23.9 Å². The first-order valence-corrected chi connectivity index (χ1v) is 10.5. The Morgan fingerprint density at radius 1 is 1.15 bits per heavy atom. The van der Waals surface area contributed by atoms with Crippen LogP contribution in [0, 0.1) is 13.8 Å². The summed E-state index contributed by atoms with van der Waals surface area (Å²) in [4.78, 5) is 2.23. The highest BCUT2D eigenvalue weighted by Gasteiger charge is 2.32. The molecule has 0 saturated carbocycles. The average Bonchev–Trinajstić information content (AvgIpc) is 2.64. The summed E-state index contributed by atoms with van der Waals surface area (Å²) in [7, 11) is 0.233. The molecular weight excluding hydrogens is 364 g/mol. The van der Waals surface area contributed by atoms with Gasteiger partial charge in [-0.25, -0.2) is 8.42 Å². The SMILES string of the molecule is Cc1ccc(C)c(S(=O)(=O)N2CCCC(Oc3ccc(N(C)C)nn3)C2)c1. The van der Waals surface area contributed by atoms with Crippen molar-refractivity contribution in [1.29, 1.82) is 0 Å². The third kappa shape index (κ3) is 4.39. The zero-order valence-electron chi connectivity index (χ0n) is 16.2. The number of nitrogens with zero attached hydrogens (tertiary/aromatic N) is 4. The maximum Gasteiger partial charge on any atom is 0.243 e. The fraction of sp³-hybridized carbons (Fsp3) is 0.474. The number of aryl methyl sites for hydroxylation is 2. The zero-order chi connectivity index (χ0) is 19.6. The van der Waals surface area contributed by atoms with E-state index in [0.717, 1.165) is 29.8 Å². The summed E-state index contributed by atoms with van der Waals surface area (Å²) in [5.74, 6) is 1.15. The van der Waals surface area contributed by atoms with Crippen molar-refractivity contribution in [3.05, 3.63) is 41.5 Å². The zero-order valence-corrected chi connectivity index (χ0v) is 17.0. The van der Waals surface area contributed by atoms with Gasteiger partial charge in [0.05, 0.1) is 11.4 Å². The van der Waals surface area contributed by atoms with Gasteiger partial charge in [0.1, 0.15) is 6.10 Å². The van der Waals surface area contributed by atoms with E-state index in [-0.39, 0.29) is 6.10 Å². The monoisotopic (exact) mass is 390 g/mol.